The van der Waals surface area contributed by atoms with E-state index in [1.165, 1.54) is 18.2 Å². The first kappa shape index (κ1) is 13.0. The molecule has 1 atom stereocenters. The summed E-state index contributed by atoms with van der Waals surface area (Å²) < 4.78 is 27.0. The van der Waals surface area contributed by atoms with Gasteiger partial charge in [-0.3, -0.25) is 0 Å². The molecule has 2 rings (SSSR count). The lowest BCUT2D eigenvalue weighted by molar-refractivity contribution is 0.584. The van der Waals surface area contributed by atoms with Gasteiger partial charge in [0.15, 0.2) is 0 Å². The van der Waals surface area contributed by atoms with Crippen molar-refractivity contribution < 1.29 is 8.78 Å². The molecule has 0 spiro atoms. The van der Waals surface area contributed by atoms with E-state index in [9.17, 15) is 8.78 Å². The summed E-state index contributed by atoms with van der Waals surface area (Å²) in [6, 6.07) is 3.58. The molecule has 1 aromatic heterocycles. The predicted octanol–water partition coefficient (Wildman–Crippen LogP) is 4.21. The second-order valence-corrected chi connectivity index (χ2v) is 5.54. The first-order valence-electron chi connectivity index (χ1n) is 5.63. The summed E-state index contributed by atoms with van der Waals surface area (Å²) in [5.74, 6) is -1.18. The lowest BCUT2D eigenvalue weighted by Gasteiger charge is -2.15. The number of aromatic nitrogens is 1. The Balaban J connectivity index is 2.26. The minimum Gasteiger partial charge on any atom is -0.372 e. The maximum atomic E-state index is 13.5. The topological polar surface area (TPSA) is 24.9 Å². The molecule has 2 aromatic rings. The van der Waals surface area contributed by atoms with Crippen molar-refractivity contribution in [1.82, 2.24) is 4.98 Å². The van der Waals surface area contributed by atoms with Gasteiger partial charge in [0.05, 0.1) is 16.7 Å². The molecule has 1 aromatic carbocycles. The average molecular weight is 268 g/mol. The number of anilines is 1. The van der Waals surface area contributed by atoms with Crippen LogP contribution in [-0.2, 0) is 0 Å². The van der Waals surface area contributed by atoms with Gasteiger partial charge in [0.25, 0.3) is 0 Å². The van der Waals surface area contributed by atoms with Gasteiger partial charge in [-0.2, -0.15) is 0 Å². The molecule has 0 amide bonds. The number of nitrogens with zero attached hydrogens (tertiary/aromatic N) is 1. The standard InChI is InChI=1S/C13H14F2N2S/c1-7(12-8(2)18-9(3)17-12)16-13-10(14)5-4-6-11(13)15/h4-7,16H,1-3H3. The fourth-order valence-electron chi connectivity index (χ4n) is 1.87. The van der Waals surface area contributed by atoms with Crippen LogP contribution < -0.4 is 5.32 Å². The minimum absolute atomic E-state index is 0.102. The second kappa shape index (κ2) is 5.02. The number of thiazole rings is 1. The molecule has 0 saturated carbocycles. The van der Waals surface area contributed by atoms with Crippen LogP contribution in [0.2, 0.25) is 0 Å². The summed E-state index contributed by atoms with van der Waals surface area (Å²) in [6.45, 7) is 5.71. The van der Waals surface area contributed by atoms with E-state index in [4.69, 9.17) is 0 Å². The summed E-state index contributed by atoms with van der Waals surface area (Å²) in [5.41, 5.74) is 0.732. The van der Waals surface area contributed by atoms with Gasteiger partial charge in [0.1, 0.15) is 17.3 Å². The number of nitrogens with one attached hydrogen (secondary N) is 1. The van der Waals surface area contributed by atoms with Crippen molar-refractivity contribution in [2.45, 2.75) is 26.8 Å². The highest BCUT2D eigenvalue weighted by Gasteiger charge is 2.16. The molecule has 0 fully saturated rings. The minimum atomic E-state index is -0.591. The monoisotopic (exact) mass is 268 g/mol. The largest absolute Gasteiger partial charge is 0.372 e. The Bertz CT molecular complexity index is 546. The molecule has 0 saturated heterocycles. The van der Waals surface area contributed by atoms with Crippen LogP contribution in [0.4, 0.5) is 14.5 Å². The quantitative estimate of drug-likeness (QED) is 0.902. The maximum Gasteiger partial charge on any atom is 0.149 e. The third kappa shape index (κ3) is 2.51. The van der Waals surface area contributed by atoms with Crippen molar-refractivity contribution >= 4 is 17.0 Å². The van der Waals surface area contributed by atoms with E-state index < -0.39 is 11.6 Å². The fourth-order valence-corrected chi connectivity index (χ4v) is 2.78. The van der Waals surface area contributed by atoms with Crippen LogP contribution >= 0.6 is 11.3 Å². The van der Waals surface area contributed by atoms with E-state index in [2.05, 4.69) is 10.3 Å². The molecule has 2 nitrogen and oxygen atoms in total. The number of rotatable bonds is 3. The fraction of sp³-hybridized carbons (Fsp3) is 0.308. The van der Waals surface area contributed by atoms with Crippen LogP contribution in [0.25, 0.3) is 0 Å². The highest BCUT2D eigenvalue weighted by atomic mass is 32.1. The van der Waals surface area contributed by atoms with Crippen LogP contribution in [0.1, 0.15) is 28.5 Å². The Labute approximate surface area is 109 Å². The Morgan fingerprint density at radius 3 is 2.33 bits per heavy atom. The first-order valence-corrected chi connectivity index (χ1v) is 6.45. The molecule has 0 aliphatic carbocycles. The summed E-state index contributed by atoms with van der Waals surface area (Å²) in [7, 11) is 0. The third-order valence-corrected chi connectivity index (χ3v) is 3.58. The van der Waals surface area contributed by atoms with E-state index in [0.717, 1.165) is 15.6 Å². The van der Waals surface area contributed by atoms with Crippen LogP contribution in [-0.4, -0.2) is 4.98 Å². The van der Waals surface area contributed by atoms with E-state index in [1.54, 1.807) is 11.3 Å². The molecule has 0 aliphatic heterocycles. The molecule has 1 N–H and O–H groups in total. The number of aryl methyl sites for hydroxylation is 2. The molecule has 0 bridgehead atoms. The van der Waals surface area contributed by atoms with Crippen molar-refractivity contribution in [2.24, 2.45) is 0 Å². The van der Waals surface area contributed by atoms with Gasteiger partial charge in [-0.1, -0.05) is 6.07 Å². The molecular weight excluding hydrogens is 254 g/mol. The number of hydrogen-bond acceptors (Lipinski definition) is 3. The molecule has 18 heavy (non-hydrogen) atoms. The summed E-state index contributed by atoms with van der Waals surface area (Å²) in [5, 5.41) is 3.79. The number of halogens is 2. The van der Waals surface area contributed by atoms with E-state index >= 15 is 0 Å². The van der Waals surface area contributed by atoms with Crippen LogP contribution in [0.3, 0.4) is 0 Å². The third-order valence-electron chi connectivity index (χ3n) is 2.67. The average Bonchev–Trinajstić information content (AvgIpc) is 2.63. The van der Waals surface area contributed by atoms with Gasteiger partial charge in [-0.15, -0.1) is 11.3 Å². The Hall–Kier alpha value is -1.49. The van der Waals surface area contributed by atoms with Crippen molar-refractivity contribution in [1.29, 1.82) is 0 Å². The number of benzene rings is 1. The number of para-hydroxylation sites is 1. The van der Waals surface area contributed by atoms with Gasteiger partial charge in [-0.05, 0) is 32.9 Å². The lowest BCUT2D eigenvalue weighted by Crippen LogP contribution is -2.11. The predicted molar refractivity (Wildman–Crippen MR) is 70.0 cm³/mol. The van der Waals surface area contributed by atoms with E-state index in [-0.39, 0.29) is 11.7 Å². The summed E-state index contributed by atoms with van der Waals surface area (Å²) in [6.07, 6.45) is 0. The highest BCUT2D eigenvalue weighted by Crippen LogP contribution is 2.27. The Morgan fingerprint density at radius 2 is 1.83 bits per heavy atom. The van der Waals surface area contributed by atoms with Crippen molar-refractivity contribution in [3.05, 3.63) is 45.4 Å². The van der Waals surface area contributed by atoms with Crippen molar-refractivity contribution in [3.8, 4) is 0 Å². The molecule has 1 unspecified atom stereocenters. The molecule has 0 aliphatic rings. The zero-order valence-electron chi connectivity index (χ0n) is 10.4. The van der Waals surface area contributed by atoms with Crippen molar-refractivity contribution in [2.75, 3.05) is 5.32 Å². The Kier molecular flexibility index (Phi) is 3.61. The van der Waals surface area contributed by atoms with Gasteiger partial charge >= 0.3 is 0 Å². The molecule has 1 heterocycles. The molecular formula is C13H14F2N2S. The van der Waals surface area contributed by atoms with E-state index in [1.807, 2.05) is 20.8 Å². The summed E-state index contributed by atoms with van der Waals surface area (Å²) >= 11 is 1.58. The van der Waals surface area contributed by atoms with Gasteiger partial charge in [0, 0.05) is 4.88 Å². The SMILES string of the molecule is Cc1nc(C(C)Nc2c(F)cccc2F)c(C)s1. The van der Waals surface area contributed by atoms with Crippen LogP contribution in [0.15, 0.2) is 18.2 Å². The van der Waals surface area contributed by atoms with Gasteiger partial charge in [0.2, 0.25) is 0 Å². The molecule has 96 valence electrons. The smallest absolute Gasteiger partial charge is 0.149 e. The number of hydrogen-bond donors (Lipinski definition) is 1. The van der Waals surface area contributed by atoms with Crippen molar-refractivity contribution in [3.63, 3.8) is 0 Å². The maximum absolute atomic E-state index is 13.5. The first-order chi connectivity index (χ1) is 8.49. The normalized spacial score (nSPS) is 12.5. The van der Waals surface area contributed by atoms with Crippen LogP contribution in [0.5, 0.6) is 0 Å². The van der Waals surface area contributed by atoms with Crippen LogP contribution in [0, 0.1) is 25.5 Å². The highest BCUT2D eigenvalue weighted by molar-refractivity contribution is 7.11. The summed E-state index contributed by atoms with van der Waals surface area (Å²) in [4.78, 5) is 5.44. The molecule has 0 radical (unpaired) electrons. The second-order valence-electron chi connectivity index (χ2n) is 4.14. The zero-order chi connectivity index (χ0) is 13.3. The molecule has 5 heteroatoms. The lowest BCUT2D eigenvalue weighted by atomic mass is 10.2. The van der Waals surface area contributed by atoms with E-state index in [0.29, 0.717) is 0 Å². The Morgan fingerprint density at radius 1 is 1.22 bits per heavy atom. The van der Waals surface area contributed by atoms with Gasteiger partial charge in [-0.25, -0.2) is 13.8 Å². The zero-order valence-corrected chi connectivity index (χ0v) is 11.2. The van der Waals surface area contributed by atoms with Gasteiger partial charge < -0.3 is 5.32 Å².